The number of sulfonamides is 1. The average Bonchev–Trinajstić information content (AvgIpc) is 2.90. The second-order valence-corrected chi connectivity index (χ2v) is 6.03. The molecule has 2 unspecified atom stereocenters. The summed E-state index contributed by atoms with van der Waals surface area (Å²) in [6.07, 6.45) is 3.41. The quantitative estimate of drug-likeness (QED) is 0.739. The van der Waals surface area contributed by atoms with Gasteiger partial charge in [0, 0.05) is 19.3 Å². The van der Waals surface area contributed by atoms with E-state index in [0.717, 1.165) is 0 Å². The maximum absolute atomic E-state index is 12.1. The number of ether oxygens (including phenoxy) is 1. The molecule has 0 aromatic carbocycles. The van der Waals surface area contributed by atoms with Crippen molar-refractivity contribution in [2.24, 2.45) is 5.73 Å². The Labute approximate surface area is 106 Å². The fourth-order valence-corrected chi connectivity index (χ4v) is 3.18. The minimum atomic E-state index is -3.53. The zero-order chi connectivity index (χ0) is 13.2. The Balaban J connectivity index is 2.09. The first-order valence-electron chi connectivity index (χ1n) is 5.89. The molecule has 1 aliphatic heterocycles. The second kappa shape index (κ2) is 5.35. The lowest BCUT2D eigenvalue weighted by molar-refractivity contribution is 0.117. The molecule has 0 amide bonds. The molecule has 2 rings (SSSR count). The predicted octanol–water partition coefficient (Wildman–Crippen LogP) is -0.702. The number of nitrogens with one attached hydrogen (secondary N) is 1. The summed E-state index contributed by atoms with van der Waals surface area (Å²) in [6.45, 7) is 3.36. The highest BCUT2D eigenvalue weighted by atomic mass is 32.2. The Bertz CT molecular complexity index is 499. The minimum absolute atomic E-state index is 0.0983. The maximum atomic E-state index is 12.1. The van der Waals surface area contributed by atoms with E-state index >= 15 is 0 Å². The van der Waals surface area contributed by atoms with Crippen molar-refractivity contribution in [2.45, 2.75) is 36.9 Å². The van der Waals surface area contributed by atoms with E-state index in [4.69, 9.17) is 10.5 Å². The molecule has 1 fully saturated rings. The molecule has 0 spiro atoms. The summed E-state index contributed by atoms with van der Waals surface area (Å²) in [5.74, 6) is 0. The molecule has 2 atom stereocenters. The van der Waals surface area contributed by atoms with Crippen molar-refractivity contribution in [1.29, 1.82) is 0 Å². The highest BCUT2D eigenvalue weighted by Gasteiger charge is 2.29. The van der Waals surface area contributed by atoms with Gasteiger partial charge in [0.25, 0.3) is 0 Å². The van der Waals surface area contributed by atoms with Crippen LogP contribution >= 0.6 is 0 Å². The zero-order valence-electron chi connectivity index (χ0n) is 10.2. The second-order valence-electron chi connectivity index (χ2n) is 4.32. The molecule has 3 N–H and O–H groups in total. The normalized spacial score (nSPS) is 24.6. The molecule has 7 nitrogen and oxygen atoms in total. The lowest BCUT2D eigenvalue weighted by Gasteiger charge is -2.15. The van der Waals surface area contributed by atoms with Crippen molar-refractivity contribution in [1.82, 2.24) is 14.5 Å². The van der Waals surface area contributed by atoms with Crippen LogP contribution in [-0.2, 0) is 21.3 Å². The fraction of sp³-hybridized carbons (Fsp3) is 0.700. The molecule has 1 aromatic heterocycles. The molecule has 0 radical (unpaired) electrons. The van der Waals surface area contributed by atoms with Crippen LogP contribution in [0.2, 0.25) is 0 Å². The van der Waals surface area contributed by atoms with Crippen LogP contribution in [0.15, 0.2) is 17.3 Å². The maximum Gasteiger partial charge on any atom is 0.244 e. The summed E-state index contributed by atoms with van der Waals surface area (Å²) in [6, 6.07) is -0.173. The Morgan fingerprint density at radius 2 is 2.44 bits per heavy atom. The van der Waals surface area contributed by atoms with Crippen LogP contribution in [0, 0.1) is 0 Å². The molecule has 0 aliphatic carbocycles. The van der Waals surface area contributed by atoms with Gasteiger partial charge in [-0.1, -0.05) is 0 Å². The summed E-state index contributed by atoms with van der Waals surface area (Å²) in [7, 11) is -3.53. The van der Waals surface area contributed by atoms with E-state index in [1.807, 2.05) is 6.92 Å². The van der Waals surface area contributed by atoms with Crippen molar-refractivity contribution >= 4 is 10.0 Å². The highest BCUT2D eigenvalue weighted by Crippen LogP contribution is 2.16. The average molecular weight is 274 g/mol. The van der Waals surface area contributed by atoms with Crippen LogP contribution in [-0.4, -0.2) is 43.5 Å². The number of hydrogen-bond acceptors (Lipinski definition) is 5. The van der Waals surface area contributed by atoms with Crippen molar-refractivity contribution in [3.8, 4) is 0 Å². The van der Waals surface area contributed by atoms with E-state index in [9.17, 15) is 8.42 Å². The molecular formula is C10H18N4O3S. The van der Waals surface area contributed by atoms with E-state index in [1.54, 1.807) is 0 Å². The highest BCUT2D eigenvalue weighted by molar-refractivity contribution is 7.89. The molecular weight excluding hydrogens is 256 g/mol. The number of nitrogens with zero attached hydrogens (tertiary/aromatic N) is 2. The summed E-state index contributed by atoms with van der Waals surface area (Å²) >= 11 is 0. The molecule has 0 saturated carbocycles. The third-order valence-corrected chi connectivity index (χ3v) is 4.41. The van der Waals surface area contributed by atoms with Gasteiger partial charge in [0.2, 0.25) is 10.0 Å². The Morgan fingerprint density at radius 3 is 3.06 bits per heavy atom. The monoisotopic (exact) mass is 274 g/mol. The first-order valence-corrected chi connectivity index (χ1v) is 7.37. The third-order valence-electron chi connectivity index (χ3n) is 2.96. The molecule has 1 aliphatic rings. The van der Waals surface area contributed by atoms with Crippen LogP contribution in [0.3, 0.4) is 0 Å². The van der Waals surface area contributed by atoms with E-state index in [1.165, 1.54) is 17.1 Å². The largest absolute Gasteiger partial charge is 0.377 e. The summed E-state index contributed by atoms with van der Waals surface area (Å²) < 4.78 is 33.7. The smallest absolute Gasteiger partial charge is 0.244 e. The van der Waals surface area contributed by atoms with Crippen molar-refractivity contribution < 1.29 is 13.2 Å². The zero-order valence-corrected chi connectivity index (χ0v) is 11.1. The molecule has 102 valence electrons. The Morgan fingerprint density at radius 1 is 1.67 bits per heavy atom. The summed E-state index contributed by atoms with van der Waals surface area (Å²) in [5, 5.41) is 3.95. The lowest BCUT2D eigenvalue weighted by Crippen LogP contribution is -2.38. The van der Waals surface area contributed by atoms with Gasteiger partial charge in [-0.2, -0.15) is 5.10 Å². The fourth-order valence-electron chi connectivity index (χ4n) is 1.89. The van der Waals surface area contributed by atoms with Gasteiger partial charge in [0.15, 0.2) is 0 Å². The van der Waals surface area contributed by atoms with Crippen LogP contribution in [0.25, 0.3) is 0 Å². The van der Waals surface area contributed by atoms with Gasteiger partial charge in [-0.3, -0.25) is 4.68 Å². The SMILES string of the molecule is CC1OCCC1NS(=O)(=O)c1cnn(CCN)c1. The van der Waals surface area contributed by atoms with E-state index in [2.05, 4.69) is 9.82 Å². The van der Waals surface area contributed by atoms with E-state index in [-0.39, 0.29) is 17.0 Å². The Hall–Kier alpha value is -0.960. The number of nitrogens with two attached hydrogens (primary N) is 1. The van der Waals surface area contributed by atoms with Gasteiger partial charge in [0.05, 0.1) is 24.9 Å². The van der Waals surface area contributed by atoms with E-state index < -0.39 is 10.0 Å². The van der Waals surface area contributed by atoms with Gasteiger partial charge >= 0.3 is 0 Å². The van der Waals surface area contributed by atoms with Crippen molar-refractivity contribution in [2.75, 3.05) is 13.2 Å². The van der Waals surface area contributed by atoms with Gasteiger partial charge < -0.3 is 10.5 Å². The molecule has 8 heteroatoms. The topological polar surface area (TPSA) is 99.2 Å². The van der Waals surface area contributed by atoms with Crippen LogP contribution < -0.4 is 10.5 Å². The van der Waals surface area contributed by atoms with Crippen LogP contribution in [0.5, 0.6) is 0 Å². The van der Waals surface area contributed by atoms with Gasteiger partial charge in [-0.25, -0.2) is 13.1 Å². The van der Waals surface area contributed by atoms with Crippen LogP contribution in [0.4, 0.5) is 0 Å². The molecule has 1 saturated heterocycles. The predicted molar refractivity (Wildman–Crippen MR) is 65.4 cm³/mol. The van der Waals surface area contributed by atoms with Gasteiger partial charge in [-0.15, -0.1) is 0 Å². The van der Waals surface area contributed by atoms with Crippen LogP contribution in [0.1, 0.15) is 13.3 Å². The van der Waals surface area contributed by atoms with Gasteiger partial charge in [-0.05, 0) is 13.3 Å². The standard InChI is InChI=1S/C10H18N4O3S/c1-8-10(2-5-17-8)13-18(15,16)9-6-12-14(7-9)4-3-11/h6-8,10,13H,2-5,11H2,1H3. The summed E-state index contributed by atoms with van der Waals surface area (Å²) in [5.41, 5.74) is 5.39. The van der Waals surface area contributed by atoms with Crippen molar-refractivity contribution in [3.63, 3.8) is 0 Å². The first-order chi connectivity index (χ1) is 8.53. The lowest BCUT2D eigenvalue weighted by atomic mass is 10.2. The third kappa shape index (κ3) is 2.89. The molecule has 18 heavy (non-hydrogen) atoms. The Kier molecular flexibility index (Phi) is 4.00. The van der Waals surface area contributed by atoms with Crippen molar-refractivity contribution in [3.05, 3.63) is 12.4 Å². The molecule has 1 aromatic rings. The van der Waals surface area contributed by atoms with Gasteiger partial charge in [0.1, 0.15) is 4.90 Å². The van der Waals surface area contributed by atoms with E-state index in [0.29, 0.717) is 26.1 Å². The first kappa shape index (κ1) is 13.5. The molecule has 0 bridgehead atoms. The number of hydrogen-bond donors (Lipinski definition) is 2. The number of rotatable bonds is 5. The molecule has 2 heterocycles. The number of aromatic nitrogens is 2. The summed E-state index contributed by atoms with van der Waals surface area (Å²) in [4.78, 5) is 0.162. The minimum Gasteiger partial charge on any atom is -0.377 e.